The highest BCUT2D eigenvalue weighted by Gasteiger charge is 2.22. The maximum atomic E-state index is 12.5. The van der Waals surface area contributed by atoms with Crippen LogP contribution in [-0.4, -0.2) is 34.8 Å². The smallest absolute Gasteiger partial charge is 0.240 e. The van der Waals surface area contributed by atoms with E-state index >= 15 is 0 Å². The fraction of sp³-hybridized carbons (Fsp3) is 0.412. The Morgan fingerprint density at radius 2 is 2.23 bits per heavy atom. The van der Waals surface area contributed by atoms with Crippen molar-refractivity contribution in [1.29, 1.82) is 0 Å². The van der Waals surface area contributed by atoms with E-state index in [4.69, 9.17) is 0 Å². The van der Waals surface area contributed by atoms with E-state index in [1.165, 1.54) is 5.56 Å². The lowest BCUT2D eigenvalue weighted by atomic mass is 10.0. The molecule has 5 heteroatoms. The summed E-state index contributed by atoms with van der Waals surface area (Å²) in [6.07, 6.45) is 5.79. The molecule has 1 amide bonds. The molecule has 0 bridgehead atoms. The minimum atomic E-state index is 0.138. The minimum absolute atomic E-state index is 0.138. The van der Waals surface area contributed by atoms with Gasteiger partial charge in [0.25, 0.3) is 0 Å². The van der Waals surface area contributed by atoms with E-state index in [1.807, 2.05) is 40.0 Å². The van der Waals surface area contributed by atoms with E-state index in [1.54, 1.807) is 6.20 Å². The lowest BCUT2D eigenvalue weighted by Crippen LogP contribution is -2.44. The van der Waals surface area contributed by atoms with Crippen molar-refractivity contribution >= 4 is 11.6 Å². The van der Waals surface area contributed by atoms with Crippen LogP contribution in [0.1, 0.15) is 18.9 Å². The van der Waals surface area contributed by atoms with Crippen LogP contribution in [0.2, 0.25) is 0 Å². The fourth-order valence-electron chi connectivity index (χ4n) is 2.90. The quantitative estimate of drug-likeness (QED) is 0.916. The molecule has 3 rings (SSSR count). The zero-order valence-corrected chi connectivity index (χ0v) is 12.9. The van der Waals surface area contributed by atoms with Crippen LogP contribution in [0.25, 0.3) is 0 Å². The van der Waals surface area contributed by atoms with Crippen molar-refractivity contribution in [2.45, 2.75) is 32.4 Å². The number of hydrogen-bond acceptors (Lipinski definition) is 3. The topological polar surface area (TPSA) is 50.2 Å². The Balaban J connectivity index is 1.56. The average Bonchev–Trinajstić information content (AvgIpc) is 3.05. The number of benzene rings is 1. The summed E-state index contributed by atoms with van der Waals surface area (Å²) < 4.78 is 1.87. The maximum Gasteiger partial charge on any atom is 0.240 e. The number of fused-ring (bicyclic) bond motifs is 1. The lowest BCUT2D eigenvalue weighted by Gasteiger charge is -2.30. The SMILES string of the molecule is CC(Cn1cccn1)NCC(=O)N1CCCc2ccccc21. The Bertz CT molecular complexity index is 623. The van der Waals surface area contributed by atoms with Crippen LogP contribution in [-0.2, 0) is 17.8 Å². The van der Waals surface area contributed by atoms with Crippen LogP contribution in [0.15, 0.2) is 42.7 Å². The van der Waals surface area contributed by atoms with Crippen LogP contribution in [0.5, 0.6) is 0 Å². The summed E-state index contributed by atoms with van der Waals surface area (Å²) in [6.45, 7) is 4.00. The lowest BCUT2D eigenvalue weighted by molar-refractivity contribution is -0.118. The third-order valence-corrected chi connectivity index (χ3v) is 4.03. The third-order valence-electron chi connectivity index (χ3n) is 4.03. The number of rotatable bonds is 5. The molecule has 0 fully saturated rings. The Hall–Kier alpha value is -2.14. The number of nitrogens with one attached hydrogen (secondary N) is 1. The normalized spacial score (nSPS) is 15.4. The van der Waals surface area contributed by atoms with Gasteiger partial charge in [-0.05, 0) is 37.5 Å². The zero-order chi connectivity index (χ0) is 15.4. The van der Waals surface area contributed by atoms with Gasteiger partial charge in [0.1, 0.15) is 0 Å². The van der Waals surface area contributed by atoms with Gasteiger partial charge in [-0.2, -0.15) is 5.10 Å². The molecular formula is C17H22N4O. The number of aryl methyl sites for hydroxylation is 1. The monoisotopic (exact) mass is 298 g/mol. The molecule has 1 aromatic carbocycles. The van der Waals surface area contributed by atoms with E-state index in [9.17, 15) is 4.79 Å². The largest absolute Gasteiger partial charge is 0.311 e. The second kappa shape index (κ2) is 6.75. The van der Waals surface area contributed by atoms with Gasteiger partial charge < -0.3 is 10.2 Å². The van der Waals surface area contributed by atoms with Crippen molar-refractivity contribution in [3.8, 4) is 0 Å². The van der Waals surface area contributed by atoms with E-state index in [2.05, 4.69) is 23.4 Å². The van der Waals surface area contributed by atoms with Crippen molar-refractivity contribution in [3.05, 3.63) is 48.3 Å². The van der Waals surface area contributed by atoms with Gasteiger partial charge in [-0.1, -0.05) is 18.2 Å². The van der Waals surface area contributed by atoms with Crippen molar-refractivity contribution in [1.82, 2.24) is 15.1 Å². The number of amides is 1. The van der Waals surface area contributed by atoms with Crippen LogP contribution in [0.3, 0.4) is 0 Å². The summed E-state index contributed by atoms with van der Waals surface area (Å²) in [5.41, 5.74) is 2.34. The standard InChI is InChI=1S/C17H22N4O/c1-14(13-20-10-5-9-19-20)18-12-17(22)21-11-4-7-15-6-2-3-8-16(15)21/h2-3,5-6,8-10,14,18H,4,7,11-13H2,1H3. The Kier molecular flexibility index (Phi) is 4.53. The first-order valence-corrected chi connectivity index (χ1v) is 7.83. The summed E-state index contributed by atoms with van der Waals surface area (Å²) in [5, 5.41) is 7.48. The third kappa shape index (κ3) is 3.36. The number of para-hydroxylation sites is 1. The molecule has 0 saturated carbocycles. The van der Waals surface area contributed by atoms with E-state index < -0.39 is 0 Å². The fourth-order valence-corrected chi connectivity index (χ4v) is 2.90. The highest BCUT2D eigenvalue weighted by Crippen LogP contribution is 2.26. The van der Waals surface area contributed by atoms with Crippen LogP contribution in [0.4, 0.5) is 5.69 Å². The van der Waals surface area contributed by atoms with Crippen molar-refractivity contribution < 1.29 is 4.79 Å². The molecule has 5 nitrogen and oxygen atoms in total. The van der Waals surface area contributed by atoms with Crippen LogP contribution in [0, 0.1) is 0 Å². The molecule has 1 aliphatic rings. The number of carbonyl (C=O) groups is 1. The Morgan fingerprint density at radius 1 is 1.36 bits per heavy atom. The molecule has 1 aliphatic heterocycles. The second-order valence-corrected chi connectivity index (χ2v) is 5.79. The summed E-state index contributed by atoms with van der Waals surface area (Å²) in [4.78, 5) is 14.4. The van der Waals surface area contributed by atoms with Crippen LogP contribution < -0.4 is 10.2 Å². The number of hydrogen-bond donors (Lipinski definition) is 1. The molecule has 1 unspecified atom stereocenters. The summed E-state index contributed by atoms with van der Waals surface area (Å²) >= 11 is 0. The second-order valence-electron chi connectivity index (χ2n) is 5.79. The van der Waals surface area contributed by atoms with Crippen molar-refractivity contribution in [2.24, 2.45) is 0 Å². The Morgan fingerprint density at radius 3 is 3.05 bits per heavy atom. The molecule has 1 N–H and O–H groups in total. The van der Waals surface area contributed by atoms with Gasteiger partial charge in [0.15, 0.2) is 0 Å². The summed E-state index contributed by atoms with van der Waals surface area (Å²) in [7, 11) is 0. The zero-order valence-electron chi connectivity index (χ0n) is 12.9. The van der Waals surface area contributed by atoms with Gasteiger partial charge in [-0.3, -0.25) is 9.48 Å². The average molecular weight is 298 g/mol. The van der Waals surface area contributed by atoms with Crippen LogP contribution >= 0.6 is 0 Å². The molecular weight excluding hydrogens is 276 g/mol. The molecule has 2 heterocycles. The highest BCUT2D eigenvalue weighted by molar-refractivity contribution is 5.95. The maximum absolute atomic E-state index is 12.5. The first-order valence-electron chi connectivity index (χ1n) is 7.83. The molecule has 0 spiro atoms. The van der Waals surface area contributed by atoms with Gasteiger partial charge in [0.2, 0.25) is 5.91 Å². The molecule has 0 radical (unpaired) electrons. The first-order chi connectivity index (χ1) is 10.7. The molecule has 0 saturated heterocycles. The molecule has 0 aliphatic carbocycles. The van der Waals surface area contributed by atoms with Crippen molar-refractivity contribution in [2.75, 3.05) is 18.0 Å². The molecule has 2 aromatic rings. The highest BCUT2D eigenvalue weighted by atomic mass is 16.2. The minimum Gasteiger partial charge on any atom is -0.311 e. The van der Waals surface area contributed by atoms with Gasteiger partial charge in [0.05, 0.1) is 13.1 Å². The van der Waals surface area contributed by atoms with Gasteiger partial charge in [-0.15, -0.1) is 0 Å². The number of carbonyl (C=O) groups excluding carboxylic acids is 1. The van der Waals surface area contributed by atoms with Gasteiger partial charge in [-0.25, -0.2) is 0 Å². The van der Waals surface area contributed by atoms with E-state index in [0.29, 0.717) is 6.54 Å². The summed E-state index contributed by atoms with van der Waals surface area (Å²) in [6, 6.07) is 10.3. The van der Waals surface area contributed by atoms with E-state index in [-0.39, 0.29) is 11.9 Å². The predicted octanol–water partition coefficient (Wildman–Crippen LogP) is 1.84. The number of anilines is 1. The molecule has 116 valence electrons. The van der Waals surface area contributed by atoms with Crippen molar-refractivity contribution in [3.63, 3.8) is 0 Å². The Labute approximate surface area is 130 Å². The predicted molar refractivity (Wildman–Crippen MR) is 86.8 cm³/mol. The first kappa shape index (κ1) is 14.8. The number of nitrogens with zero attached hydrogens (tertiary/aromatic N) is 3. The molecule has 1 atom stereocenters. The molecule has 1 aromatic heterocycles. The summed E-state index contributed by atoms with van der Waals surface area (Å²) in [5.74, 6) is 0.138. The van der Waals surface area contributed by atoms with E-state index in [0.717, 1.165) is 31.6 Å². The molecule has 22 heavy (non-hydrogen) atoms. The van der Waals surface area contributed by atoms with Gasteiger partial charge in [0, 0.05) is 30.7 Å². The number of aromatic nitrogens is 2. The van der Waals surface area contributed by atoms with Gasteiger partial charge >= 0.3 is 0 Å².